The summed E-state index contributed by atoms with van der Waals surface area (Å²) in [6.45, 7) is 1.59. The van der Waals surface area contributed by atoms with Crippen LogP contribution in [0, 0.1) is 11.6 Å². The van der Waals surface area contributed by atoms with Crippen molar-refractivity contribution in [3.05, 3.63) is 95.1 Å². The lowest BCUT2D eigenvalue weighted by molar-refractivity contribution is -0.117. The van der Waals surface area contributed by atoms with Gasteiger partial charge in [0, 0.05) is 12.8 Å². The Balaban J connectivity index is 1.38. The Labute approximate surface area is 198 Å². The fourth-order valence-electron chi connectivity index (χ4n) is 4.13. The molecule has 3 aromatic rings. The maximum absolute atomic E-state index is 13.7. The molecule has 4 nitrogen and oxygen atoms in total. The van der Waals surface area contributed by atoms with E-state index in [1.165, 1.54) is 18.2 Å². The highest BCUT2D eigenvalue weighted by molar-refractivity contribution is 7.91. The van der Waals surface area contributed by atoms with E-state index in [-0.39, 0.29) is 29.3 Å². The average molecular weight is 485 g/mol. The van der Waals surface area contributed by atoms with Crippen molar-refractivity contribution in [1.29, 1.82) is 0 Å². The van der Waals surface area contributed by atoms with Gasteiger partial charge in [0.1, 0.15) is 17.1 Å². The molecule has 0 atom stereocenters. The molecule has 0 spiro atoms. The first-order valence-corrected chi connectivity index (χ1v) is 12.9. The first-order chi connectivity index (χ1) is 16.2. The highest BCUT2D eigenvalue weighted by Crippen LogP contribution is 2.45. The normalized spacial score (nSPS) is 14.9. The van der Waals surface area contributed by atoms with Crippen LogP contribution in [0.1, 0.15) is 42.9 Å². The van der Waals surface area contributed by atoms with Gasteiger partial charge in [-0.1, -0.05) is 37.3 Å². The molecule has 178 valence electrons. The molecule has 0 aromatic heterocycles. The second-order valence-corrected chi connectivity index (χ2v) is 10.9. The molecule has 0 heterocycles. The number of halogens is 2. The SMILES string of the molecule is CCS(=O)(=O)c1ccc(CC(=O)Cc2ccc(OC3(c4ccc(F)c(F)c4)CCC3)cc2)cc1. The van der Waals surface area contributed by atoms with Crippen molar-refractivity contribution in [1.82, 2.24) is 0 Å². The van der Waals surface area contributed by atoms with E-state index in [4.69, 9.17) is 4.74 Å². The quantitative estimate of drug-likeness (QED) is 0.398. The molecule has 4 rings (SSSR count). The number of Topliss-reactive ketones (excluding diaryl/α,β-unsaturated/α-hetero) is 1. The lowest BCUT2D eigenvalue weighted by atomic mass is 9.74. The number of sulfone groups is 1. The van der Waals surface area contributed by atoms with Crippen LogP contribution in [0.2, 0.25) is 0 Å². The van der Waals surface area contributed by atoms with Crippen LogP contribution in [0.15, 0.2) is 71.6 Å². The molecule has 1 fully saturated rings. The van der Waals surface area contributed by atoms with E-state index < -0.39 is 27.1 Å². The number of ether oxygens (including phenoxy) is 1. The molecule has 0 unspecified atom stereocenters. The van der Waals surface area contributed by atoms with E-state index in [1.54, 1.807) is 37.3 Å². The number of hydrogen-bond donors (Lipinski definition) is 0. The Hall–Kier alpha value is -3.06. The summed E-state index contributed by atoms with van der Waals surface area (Å²) in [4.78, 5) is 12.8. The number of carbonyl (C=O) groups is 1. The van der Waals surface area contributed by atoms with Crippen LogP contribution >= 0.6 is 0 Å². The Morgan fingerprint density at radius 2 is 1.47 bits per heavy atom. The molecule has 7 heteroatoms. The molecular weight excluding hydrogens is 458 g/mol. The van der Waals surface area contributed by atoms with Crippen LogP contribution in [-0.2, 0) is 33.1 Å². The molecule has 0 N–H and O–H groups in total. The molecule has 1 aliphatic carbocycles. The Bertz CT molecular complexity index is 1280. The predicted molar refractivity (Wildman–Crippen MR) is 126 cm³/mol. The summed E-state index contributed by atoms with van der Waals surface area (Å²) in [5, 5.41) is 0. The topological polar surface area (TPSA) is 60.4 Å². The first-order valence-electron chi connectivity index (χ1n) is 11.3. The number of carbonyl (C=O) groups excluding carboxylic acids is 1. The molecular formula is C27H26F2O4S. The number of ketones is 1. The third kappa shape index (κ3) is 5.20. The first kappa shape index (κ1) is 24.1. The lowest BCUT2D eigenvalue weighted by Crippen LogP contribution is -2.40. The smallest absolute Gasteiger partial charge is 0.178 e. The van der Waals surface area contributed by atoms with E-state index in [9.17, 15) is 22.0 Å². The van der Waals surface area contributed by atoms with Crippen LogP contribution < -0.4 is 4.74 Å². The van der Waals surface area contributed by atoms with Crippen molar-refractivity contribution in [3.63, 3.8) is 0 Å². The Kier molecular flexibility index (Phi) is 6.84. The maximum atomic E-state index is 13.7. The van der Waals surface area contributed by atoms with Crippen molar-refractivity contribution in [2.75, 3.05) is 5.75 Å². The molecule has 3 aromatic carbocycles. The summed E-state index contributed by atoms with van der Waals surface area (Å²) in [6, 6.07) is 17.5. The third-order valence-corrected chi connectivity index (χ3v) is 8.06. The second-order valence-electron chi connectivity index (χ2n) is 8.66. The fourth-order valence-corrected chi connectivity index (χ4v) is 5.01. The minimum Gasteiger partial charge on any atom is -0.483 e. The molecule has 34 heavy (non-hydrogen) atoms. The van der Waals surface area contributed by atoms with Crippen molar-refractivity contribution in [2.45, 2.75) is 49.5 Å². The number of benzene rings is 3. The second kappa shape index (κ2) is 9.66. The van der Waals surface area contributed by atoms with Crippen LogP contribution in [0.3, 0.4) is 0 Å². The van der Waals surface area contributed by atoms with Crippen LogP contribution in [0.5, 0.6) is 5.75 Å². The fraction of sp³-hybridized carbons (Fsp3) is 0.296. The van der Waals surface area contributed by atoms with E-state index in [0.717, 1.165) is 36.5 Å². The minimum atomic E-state index is -3.26. The van der Waals surface area contributed by atoms with Gasteiger partial charge in [-0.2, -0.15) is 0 Å². The van der Waals surface area contributed by atoms with Crippen LogP contribution in [0.25, 0.3) is 0 Å². The monoisotopic (exact) mass is 484 g/mol. The predicted octanol–water partition coefficient (Wildman–Crippen LogP) is 5.57. The van der Waals surface area contributed by atoms with E-state index in [1.807, 2.05) is 12.1 Å². The Morgan fingerprint density at radius 1 is 0.882 bits per heavy atom. The molecule has 0 bridgehead atoms. The zero-order valence-corrected chi connectivity index (χ0v) is 19.7. The standard InChI is InChI=1S/C27H26F2O4S/c1-2-34(31,32)24-11-6-20(7-12-24)17-22(30)16-19-4-9-23(10-5-19)33-27(14-3-15-27)21-8-13-25(28)26(29)18-21/h4-13,18H,2-3,14-17H2,1H3. The average Bonchev–Trinajstić information content (AvgIpc) is 2.79. The highest BCUT2D eigenvalue weighted by Gasteiger charge is 2.41. The van der Waals surface area contributed by atoms with Crippen molar-refractivity contribution in [2.24, 2.45) is 0 Å². The van der Waals surface area contributed by atoms with E-state index in [0.29, 0.717) is 11.3 Å². The molecule has 1 saturated carbocycles. The van der Waals surface area contributed by atoms with Crippen LogP contribution in [-0.4, -0.2) is 20.0 Å². The summed E-state index contributed by atoms with van der Waals surface area (Å²) < 4.78 is 57.1. The van der Waals surface area contributed by atoms with Gasteiger partial charge in [0.05, 0.1) is 10.6 Å². The summed E-state index contributed by atoms with van der Waals surface area (Å²) in [6.07, 6.45) is 2.83. The maximum Gasteiger partial charge on any atom is 0.178 e. The van der Waals surface area contributed by atoms with Gasteiger partial charge in [-0.25, -0.2) is 17.2 Å². The summed E-state index contributed by atoms with van der Waals surface area (Å²) in [5.74, 6) is -1.12. The molecule has 1 aliphatic rings. The van der Waals surface area contributed by atoms with Gasteiger partial charge in [-0.05, 0) is 72.4 Å². The van der Waals surface area contributed by atoms with Crippen molar-refractivity contribution in [3.8, 4) is 5.75 Å². The van der Waals surface area contributed by atoms with Crippen molar-refractivity contribution < 1.29 is 26.7 Å². The summed E-state index contributed by atoms with van der Waals surface area (Å²) in [5.41, 5.74) is 1.55. The van der Waals surface area contributed by atoms with Gasteiger partial charge < -0.3 is 4.74 Å². The molecule has 0 aliphatic heterocycles. The van der Waals surface area contributed by atoms with Crippen LogP contribution in [0.4, 0.5) is 8.78 Å². The summed E-state index contributed by atoms with van der Waals surface area (Å²) in [7, 11) is -3.26. The minimum absolute atomic E-state index is 0.0111. The van der Waals surface area contributed by atoms with Gasteiger partial charge in [0.15, 0.2) is 21.5 Å². The zero-order valence-electron chi connectivity index (χ0n) is 18.9. The van der Waals surface area contributed by atoms with Gasteiger partial charge >= 0.3 is 0 Å². The van der Waals surface area contributed by atoms with Gasteiger partial charge in [0.25, 0.3) is 0 Å². The van der Waals surface area contributed by atoms with Gasteiger partial charge in [-0.15, -0.1) is 0 Å². The van der Waals surface area contributed by atoms with Gasteiger partial charge in [-0.3, -0.25) is 4.79 Å². The summed E-state index contributed by atoms with van der Waals surface area (Å²) >= 11 is 0. The molecule has 0 amide bonds. The van der Waals surface area contributed by atoms with Gasteiger partial charge in [0.2, 0.25) is 0 Å². The lowest BCUT2D eigenvalue weighted by Gasteiger charge is -2.42. The Morgan fingerprint density at radius 3 is 1.97 bits per heavy atom. The zero-order chi connectivity index (χ0) is 24.3. The third-order valence-electron chi connectivity index (χ3n) is 6.31. The van der Waals surface area contributed by atoms with Crippen molar-refractivity contribution >= 4 is 15.6 Å². The largest absolute Gasteiger partial charge is 0.483 e. The van der Waals surface area contributed by atoms with E-state index >= 15 is 0 Å². The van der Waals surface area contributed by atoms with E-state index in [2.05, 4.69) is 0 Å². The number of hydrogen-bond acceptors (Lipinski definition) is 4. The highest BCUT2D eigenvalue weighted by atomic mass is 32.2. The number of rotatable bonds is 9. The molecule has 0 radical (unpaired) electrons. The molecule has 0 saturated heterocycles.